The van der Waals surface area contributed by atoms with E-state index in [9.17, 15) is 0 Å². The third-order valence-corrected chi connectivity index (χ3v) is 14.3. The van der Waals surface area contributed by atoms with Gasteiger partial charge in [0.1, 0.15) is 0 Å². The summed E-state index contributed by atoms with van der Waals surface area (Å²) in [5, 5.41) is 1.88. The Labute approximate surface area is 199 Å². The highest BCUT2D eigenvalue weighted by atomic mass is 33.5. The molecule has 0 atom stereocenters. The Kier molecular flexibility index (Phi) is 10.6. The van der Waals surface area contributed by atoms with Crippen molar-refractivity contribution in [1.29, 1.82) is 0 Å². The molecule has 0 radical (unpaired) electrons. The standard InChI is InChI=1S/C20H30O6S3Si2/c1-15-9-11-17(30(21-3,22-4)23-5)13-19(15)27-29-28-20-14-18(12-10-16(20)2)31(24-6,25-7)26-8/h9-14H,1-8H3. The normalized spacial score (nSPS) is 12.4. The van der Waals surface area contributed by atoms with Crippen molar-refractivity contribution in [2.24, 2.45) is 0 Å². The van der Waals surface area contributed by atoms with Crippen molar-refractivity contribution < 1.29 is 26.6 Å². The van der Waals surface area contributed by atoms with E-state index in [-0.39, 0.29) is 0 Å². The number of hydrogen-bond acceptors (Lipinski definition) is 9. The molecule has 0 N–H and O–H groups in total. The van der Waals surface area contributed by atoms with Gasteiger partial charge in [0.15, 0.2) is 0 Å². The first kappa shape index (κ1) is 26.9. The van der Waals surface area contributed by atoms with E-state index >= 15 is 0 Å². The summed E-state index contributed by atoms with van der Waals surface area (Å²) in [6, 6.07) is 12.4. The van der Waals surface area contributed by atoms with Gasteiger partial charge in [0.05, 0.1) is 0 Å². The first-order chi connectivity index (χ1) is 14.8. The van der Waals surface area contributed by atoms with Gasteiger partial charge in [-0.1, -0.05) is 24.3 Å². The van der Waals surface area contributed by atoms with E-state index in [0.717, 1.165) is 20.2 Å². The van der Waals surface area contributed by atoms with E-state index in [1.807, 2.05) is 12.1 Å². The Bertz CT molecular complexity index is 777. The lowest BCUT2D eigenvalue weighted by Gasteiger charge is -2.25. The second kappa shape index (κ2) is 12.2. The van der Waals surface area contributed by atoms with Crippen LogP contribution in [0.5, 0.6) is 0 Å². The Balaban J connectivity index is 2.21. The maximum absolute atomic E-state index is 5.63. The van der Waals surface area contributed by atoms with Gasteiger partial charge in [0.25, 0.3) is 0 Å². The Morgan fingerprint density at radius 3 is 1.16 bits per heavy atom. The van der Waals surface area contributed by atoms with Gasteiger partial charge in [0.2, 0.25) is 0 Å². The van der Waals surface area contributed by atoms with Crippen molar-refractivity contribution in [2.75, 3.05) is 42.7 Å². The summed E-state index contributed by atoms with van der Waals surface area (Å²) in [5.74, 6) is 0. The predicted octanol–water partition coefficient (Wildman–Crippen LogP) is 3.92. The van der Waals surface area contributed by atoms with Crippen LogP contribution in [0.25, 0.3) is 0 Å². The molecule has 0 aliphatic carbocycles. The van der Waals surface area contributed by atoms with Gasteiger partial charge in [-0.25, -0.2) is 0 Å². The van der Waals surface area contributed by atoms with Crippen LogP contribution in [0.1, 0.15) is 11.1 Å². The second-order valence-electron chi connectivity index (χ2n) is 6.53. The lowest BCUT2D eigenvalue weighted by atomic mass is 10.2. The third-order valence-electron chi connectivity index (χ3n) is 4.94. The van der Waals surface area contributed by atoms with Gasteiger partial charge in [-0.3, -0.25) is 0 Å². The molecule has 0 saturated carbocycles. The molecular formula is C20H30O6S3Si2. The maximum Gasteiger partial charge on any atom is 0.536 e. The number of aryl methyl sites for hydroxylation is 2. The van der Waals surface area contributed by atoms with Gasteiger partial charge >= 0.3 is 17.6 Å². The summed E-state index contributed by atoms with van der Waals surface area (Å²) in [7, 11) is 9.07. The molecule has 2 aromatic carbocycles. The summed E-state index contributed by atoms with van der Waals surface area (Å²) in [6.07, 6.45) is 0. The van der Waals surface area contributed by atoms with Crippen LogP contribution in [-0.2, 0) is 26.6 Å². The summed E-state index contributed by atoms with van der Waals surface area (Å²) >= 11 is 0. The fourth-order valence-corrected chi connectivity index (χ4v) is 11.1. The quantitative estimate of drug-likeness (QED) is 0.307. The van der Waals surface area contributed by atoms with Crippen molar-refractivity contribution >= 4 is 59.4 Å². The summed E-state index contributed by atoms with van der Waals surface area (Å²) < 4.78 is 33.8. The van der Waals surface area contributed by atoms with Gasteiger partial charge in [-0.15, -0.1) is 0 Å². The van der Waals surface area contributed by atoms with Gasteiger partial charge < -0.3 is 26.6 Å². The van der Waals surface area contributed by atoms with E-state index < -0.39 is 17.6 Å². The highest BCUT2D eigenvalue weighted by Gasteiger charge is 2.42. The molecule has 6 nitrogen and oxygen atoms in total. The predicted molar refractivity (Wildman–Crippen MR) is 134 cm³/mol. The molecule has 0 spiro atoms. The van der Waals surface area contributed by atoms with Crippen LogP contribution in [-0.4, -0.2) is 60.3 Å². The van der Waals surface area contributed by atoms with E-state index in [0.29, 0.717) is 0 Å². The second-order valence-corrected chi connectivity index (χ2v) is 16.3. The van der Waals surface area contributed by atoms with Crippen molar-refractivity contribution in [3.8, 4) is 0 Å². The van der Waals surface area contributed by atoms with Gasteiger partial charge in [0, 0.05) is 62.8 Å². The molecule has 0 aliphatic rings. The maximum atomic E-state index is 5.63. The Hall–Kier alpha value is -0.316. The SMILES string of the molecule is CO[Si](OC)(OC)c1ccc(C)c(SSSc2cc([Si](OC)(OC)OC)ccc2C)c1. The van der Waals surface area contributed by atoms with Gasteiger partial charge in [-0.05, 0) is 68.5 Å². The zero-order valence-corrected chi connectivity index (χ0v) is 23.6. The zero-order valence-electron chi connectivity index (χ0n) is 19.1. The minimum atomic E-state index is -2.87. The molecule has 2 rings (SSSR count). The molecule has 0 fully saturated rings. The molecule has 0 bridgehead atoms. The lowest BCUT2D eigenvalue weighted by Crippen LogP contribution is -2.54. The molecule has 0 aromatic heterocycles. The third kappa shape index (κ3) is 5.98. The summed E-state index contributed by atoms with van der Waals surface area (Å²) in [4.78, 5) is 2.28. The molecule has 31 heavy (non-hydrogen) atoms. The number of benzene rings is 2. The molecule has 0 amide bonds. The molecular weight excluding hydrogens is 489 g/mol. The molecule has 172 valence electrons. The van der Waals surface area contributed by atoms with E-state index in [1.54, 1.807) is 74.1 Å². The zero-order chi connectivity index (χ0) is 23.1. The minimum Gasteiger partial charge on any atom is -0.373 e. The molecule has 2 aromatic rings. The molecule has 0 unspecified atom stereocenters. The fraction of sp³-hybridized carbons (Fsp3) is 0.400. The summed E-state index contributed by atoms with van der Waals surface area (Å²) in [6.45, 7) is 4.18. The first-order valence-electron chi connectivity index (χ1n) is 9.39. The van der Waals surface area contributed by atoms with Crippen LogP contribution in [0.2, 0.25) is 0 Å². The average molecular weight is 519 g/mol. The van der Waals surface area contributed by atoms with Crippen LogP contribution in [0.15, 0.2) is 46.2 Å². The summed E-state index contributed by atoms with van der Waals surface area (Å²) in [5.41, 5.74) is 2.37. The monoisotopic (exact) mass is 518 g/mol. The molecule has 0 heterocycles. The van der Waals surface area contributed by atoms with Crippen LogP contribution in [0, 0.1) is 13.8 Å². The molecule has 11 heteroatoms. The highest BCUT2D eigenvalue weighted by molar-refractivity contribution is 9.09. The average Bonchev–Trinajstić information content (AvgIpc) is 2.80. The molecule has 0 aliphatic heterocycles. The van der Waals surface area contributed by atoms with Crippen molar-refractivity contribution in [1.82, 2.24) is 0 Å². The fourth-order valence-electron chi connectivity index (χ4n) is 3.06. The molecule has 0 saturated heterocycles. The minimum absolute atomic E-state index is 0.938. The van der Waals surface area contributed by atoms with Crippen LogP contribution < -0.4 is 10.4 Å². The highest BCUT2D eigenvalue weighted by Crippen LogP contribution is 2.46. The van der Waals surface area contributed by atoms with E-state index in [2.05, 4.69) is 38.1 Å². The van der Waals surface area contributed by atoms with Crippen LogP contribution in [0.3, 0.4) is 0 Å². The number of hydrogen-bond donors (Lipinski definition) is 0. The van der Waals surface area contributed by atoms with Crippen molar-refractivity contribution in [2.45, 2.75) is 23.6 Å². The van der Waals surface area contributed by atoms with Crippen molar-refractivity contribution in [3.63, 3.8) is 0 Å². The topological polar surface area (TPSA) is 55.4 Å². The van der Waals surface area contributed by atoms with Gasteiger partial charge in [-0.2, -0.15) is 0 Å². The van der Waals surface area contributed by atoms with Crippen molar-refractivity contribution in [3.05, 3.63) is 47.5 Å². The number of rotatable bonds is 12. The largest absolute Gasteiger partial charge is 0.536 e. The smallest absolute Gasteiger partial charge is 0.373 e. The lowest BCUT2D eigenvalue weighted by molar-refractivity contribution is 0.140. The first-order valence-corrected chi connectivity index (χ1v) is 16.3. The van der Waals surface area contributed by atoms with E-state index in [4.69, 9.17) is 26.6 Å². The van der Waals surface area contributed by atoms with Crippen LogP contribution in [0.4, 0.5) is 0 Å². The Morgan fingerprint density at radius 1 is 0.548 bits per heavy atom. The van der Waals surface area contributed by atoms with Crippen LogP contribution >= 0.6 is 31.4 Å². The van der Waals surface area contributed by atoms with E-state index in [1.165, 1.54) is 11.1 Å². The Morgan fingerprint density at radius 2 is 0.871 bits per heavy atom.